The normalized spacial score (nSPS) is 8.00. The van der Waals surface area contributed by atoms with Crippen LogP contribution in [0.1, 0.15) is 12.8 Å². The van der Waals surface area contributed by atoms with Gasteiger partial charge in [0.2, 0.25) is 0 Å². The van der Waals surface area contributed by atoms with E-state index in [0.717, 1.165) is 12.8 Å². The van der Waals surface area contributed by atoms with Gasteiger partial charge in [-0.2, -0.15) is 0 Å². The minimum absolute atomic E-state index is 0.664. The highest BCUT2D eigenvalue weighted by Gasteiger charge is 1.82. The fraction of sp³-hybridized carbons (Fsp3) is 0.429. The lowest BCUT2D eigenvalue weighted by molar-refractivity contribution is 0.185. The van der Waals surface area contributed by atoms with Gasteiger partial charge in [0.25, 0.3) is 0 Å². The van der Waals surface area contributed by atoms with Gasteiger partial charge in [0.05, 0.1) is 51.5 Å². The molecule has 0 aliphatic rings. The standard InChI is InChI=1S/2C7H12O2/c2*1-3-8-6-5-7-9-4-2/h2*3-4H,1-2,5-7H2. The Morgan fingerprint density at radius 3 is 0.889 bits per heavy atom. The molecule has 0 unspecified atom stereocenters. The number of hydrogen-bond acceptors (Lipinski definition) is 4. The Balaban J connectivity index is 0. The first-order valence-electron chi connectivity index (χ1n) is 5.73. The predicted molar refractivity (Wildman–Crippen MR) is 73.8 cm³/mol. The van der Waals surface area contributed by atoms with Crippen LogP contribution in [0.2, 0.25) is 0 Å². The van der Waals surface area contributed by atoms with Crippen molar-refractivity contribution in [1.82, 2.24) is 0 Å². The second kappa shape index (κ2) is 20.6. The third-order valence-corrected chi connectivity index (χ3v) is 1.52. The first kappa shape index (κ1) is 18.5. The fourth-order valence-electron chi connectivity index (χ4n) is 0.785. The smallest absolute Gasteiger partial charge is 0.0905 e. The molecule has 0 saturated heterocycles. The predicted octanol–water partition coefficient (Wildman–Crippen LogP) is 3.39. The molecule has 0 amide bonds. The molecule has 0 saturated carbocycles. The molecule has 18 heavy (non-hydrogen) atoms. The van der Waals surface area contributed by atoms with Crippen molar-refractivity contribution in [3.8, 4) is 0 Å². The van der Waals surface area contributed by atoms with Crippen LogP contribution in [0.15, 0.2) is 51.4 Å². The van der Waals surface area contributed by atoms with Crippen LogP contribution in [-0.4, -0.2) is 26.4 Å². The number of hydrogen-bond donors (Lipinski definition) is 0. The summed E-state index contributed by atoms with van der Waals surface area (Å²) in [5.41, 5.74) is 0. The molecule has 104 valence electrons. The zero-order valence-corrected chi connectivity index (χ0v) is 11.0. The summed E-state index contributed by atoms with van der Waals surface area (Å²) in [5, 5.41) is 0. The third kappa shape index (κ3) is 23.8. The molecule has 0 heterocycles. The molecule has 0 rings (SSSR count). The Kier molecular flexibility index (Phi) is 21.2. The summed E-state index contributed by atoms with van der Waals surface area (Å²) in [7, 11) is 0. The van der Waals surface area contributed by atoms with Crippen molar-refractivity contribution in [1.29, 1.82) is 0 Å². The maximum atomic E-state index is 4.83. The molecule has 4 nitrogen and oxygen atoms in total. The average molecular weight is 256 g/mol. The van der Waals surface area contributed by atoms with Gasteiger partial charge in [-0.3, -0.25) is 0 Å². The molecule has 0 aromatic rings. The van der Waals surface area contributed by atoms with E-state index in [-0.39, 0.29) is 0 Å². The second-order valence-electron chi connectivity index (χ2n) is 2.86. The zero-order valence-electron chi connectivity index (χ0n) is 11.0. The van der Waals surface area contributed by atoms with Gasteiger partial charge < -0.3 is 18.9 Å². The molecule has 0 N–H and O–H groups in total. The van der Waals surface area contributed by atoms with Crippen LogP contribution in [0.4, 0.5) is 0 Å². The Labute approximate surface area is 110 Å². The van der Waals surface area contributed by atoms with E-state index in [4.69, 9.17) is 18.9 Å². The van der Waals surface area contributed by atoms with E-state index in [1.54, 1.807) is 0 Å². The van der Waals surface area contributed by atoms with Gasteiger partial charge in [-0.1, -0.05) is 26.3 Å². The van der Waals surface area contributed by atoms with Crippen molar-refractivity contribution in [3.63, 3.8) is 0 Å². The van der Waals surface area contributed by atoms with E-state index in [0.29, 0.717) is 26.4 Å². The minimum atomic E-state index is 0.664. The molecular formula is C14H24O4. The molecule has 0 aromatic heterocycles. The van der Waals surface area contributed by atoms with Gasteiger partial charge >= 0.3 is 0 Å². The van der Waals surface area contributed by atoms with Crippen LogP contribution in [0.3, 0.4) is 0 Å². The summed E-state index contributed by atoms with van der Waals surface area (Å²) in [6.07, 6.45) is 7.44. The van der Waals surface area contributed by atoms with Gasteiger partial charge in [0, 0.05) is 12.8 Å². The first-order chi connectivity index (χ1) is 8.83. The SMILES string of the molecule is C=COCCCOC=C.C=COCCCOC=C. The molecule has 0 fully saturated rings. The average Bonchev–Trinajstić information content (AvgIpc) is 2.39. The van der Waals surface area contributed by atoms with E-state index in [9.17, 15) is 0 Å². The summed E-state index contributed by atoms with van der Waals surface area (Å²) in [4.78, 5) is 0. The topological polar surface area (TPSA) is 36.9 Å². The van der Waals surface area contributed by atoms with Crippen LogP contribution in [0, 0.1) is 0 Å². The Morgan fingerprint density at radius 2 is 0.722 bits per heavy atom. The Morgan fingerprint density at radius 1 is 0.500 bits per heavy atom. The quantitative estimate of drug-likeness (QED) is 0.396. The van der Waals surface area contributed by atoms with Gasteiger partial charge in [0.1, 0.15) is 0 Å². The molecule has 0 aliphatic heterocycles. The van der Waals surface area contributed by atoms with Crippen molar-refractivity contribution in [3.05, 3.63) is 51.4 Å². The van der Waals surface area contributed by atoms with Crippen LogP contribution < -0.4 is 0 Å². The molecule has 0 aromatic carbocycles. The van der Waals surface area contributed by atoms with Crippen LogP contribution in [0.25, 0.3) is 0 Å². The highest BCUT2D eigenvalue weighted by atomic mass is 16.5. The lowest BCUT2D eigenvalue weighted by atomic mass is 10.5. The largest absolute Gasteiger partial charge is 0.502 e. The zero-order chi connectivity index (χ0) is 13.9. The monoisotopic (exact) mass is 256 g/mol. The van der Waals surface area contributed by atoms with Crippen LogP contribution in [-0.2, 0) is 18.9 Å². The van der Waals surface area contributed by atoms with Gasteiger partial charge in [0.15, 0.2) is 0 Å². The van der Waals surface area contributed by atoms with E-state index in [1.807, 2.05) is 0 Å². The Bertz CT molecular complexity index is 160. The maximum absolute atomic E-state index is 4.83. The molecular weight excluding hydrogens is 232 g/mol. The summed E-state index contributed by atoms with van der Waals surface area (Å²) in [6, 6.07) is 0. The molecule has 0 spiro atoms. The third-order valence-electron chi connectivity index (χ3n) is 1.52. The molecule has 0 atom stereocenters. The van der Waals surface area contributed by atoms with Crippen molar-refractivity contribution >= 4 is 0 Å². The van der Waals surface area contributed by atoms with Crippen molar-refractivity contribution in [2.24, 2.45) is 0 Å². The lowest BCUT2D eigenvalue weighted by Gasteiger charge is -1.98. The maximum Gasteiger partial charge on any atom is 0.0905 e. The summed E-state index contributed by atoms with van der Waals surface area (Å²) in [5.74, 6) is 0. The van der Waals surface area contributed by atoms with Crippen LogP contribution >= 0.6 is 0 Å². The first-order valence-corrected chi connectivity index (χ1v) is 5.73. The van der Waals surface area contributed by atoms with Crippen molar-refractivity contribution in [2.75, 3.05) is 26.4 Å². The molecule has 0 aliphatic carbocycles. The van der Waals surface area contributed by atoms with E-state index < -0.39 is 0 Å². The van der Waals surface area contributed by atoms with Crippen molar-refractivity contribution in [2.45, 2.75) is 12.8 Å². The summed E-state index contributed by atoms with van der Waals surface area (Å²) >= 11 is 0. The van der Waals surface area contributed by atoms with Gasteiger partial charge in [-0.25, -0.2) is 0 Å². The van der Waals surface area contributed by atoms with E-state index >= 15 is 0 Å². The fourth-order valence-corrected chi connectivity index (χ4v) is 0.785. The second-order valence-corrected chi connectivity index (χ2v) is 2.86. The van der Waals surface area contributed by atoms with Gasteiger partial charge in [-0.05, 0) is 0 Å². The van der Waals surface area contributed by atoms with Crippen LogP contribution in [0.5, 0.6) is 0 Å². The van der Waals surface area contributed by atoms with Gasteiger partial charge in [-0.15, -0.1) is 0 Å². The highest BCUT2D eigenvalue weighted by Crippen LogP contribution is 1.84. The van der Waals surface area contributed by atoms with E-state index in [1.165, 1.54) is 25.0 Å². The summed E-state index contributed by atoms with van der Waals surface area (Å²) in [6.45, 7) is 16.2. The highest BCUT2D eigenvalue weighted by molar-refractivity contribution is 4.52. The molecule has 0 bridgehead atoms. The number of rotatable bonds is 12. The number of ether oxygens (including phenoxy) is 4. The lowest BCUT2D eigenvalue weighted by Crippen LogP contribution is -1.93. The Hall–Kier alpha value is -1.84. The molecule has 0 radical (unpaired) electrons. The van der Waals surface area contributed by atoms with Crippen molar-refractivity contribution < 1.29 is 18.9 Å². The summed E-state index contributed by atoms with van der Waals surface area (Å²) < 4.78 is 19.3. The minimum Gasteiger partial charge on any atom is -0.502 e. The van der Waals surface area contributed by atoms with E-state index in [2.05, 4.69) is 26.3 Å². The molecule has 4 heteroatoms.